The molecule has 6 nitrogen and oxygen atoms in total. The Bertz CT molecular complexity index is 1140. The Balaban J connectivity index is 1.55. The fourth-order valence-electron chi connectivity index (χ4n) is 3.02. The van der Waals surface area contributed by atoms with Gasteiger partial charge in [0.15, 0.2) is 0 Å². The lowest BCUT2D eigenvalue weighted by atomic mass is 10.0. The molecule has 4 rings (SSSR count). The molecule has 0 aliphatic carbocycles. The summed E-state index contributed by atoms with van der Waals surface area (Å²) in [5.41, 5.74) is 3.35. The SMILES string of the molecule is Cc1ccc(-c2noc(CN(C)C(=O)/C(=C/c3ccco3)c3ccccc3)n2)cc1. The Morgan fingerprint density at radius 3 is 2.50 bits per heavy atom. The molecule has 6 heteroatoms. The van der Waals surface area contributed by atoms with Crippen molar-refractivity contribution in [2.45, 2.75) is 13.5 Å². The predicted octanol–water partition coefficient (Wildman–Crippen LogP) is 4.84. The van der Waals surface area contributed by atoms with Gasteiger partial charge < -0.3 is 13.8 Å². The first-order valence-corrected chi connectivity index (χ1v) is 9.56. The number of furan rings is 1. The highest BCUT2D eigenvalue weighted by molar-refractivity contribution is 6.23. The van der Waals surface area contributed by atoms with Gasteiger partial charge in [-0.05, 0) is 30.7 Å². The fourth-order valence-corrected chi connectivity index (χ4v) is 3.02. The van der Waals surface area contributed by atoms with E-state index in [2.05, 4.69) is 10.1 Å². The second-order valence-electron chi connectivity index (χ2n) is 6.98. The molecule has 0 bridgehead atoms. The zero-order chi connectivity index (χ0) is 20.9. The number of carbonyl (C=O) groups is 1. The molecule has 0 N–H and O–H groups in total. The molecule has 0 fully saturated rings. The topological polar surface area (TPSA) is 72.4 Å². The zero-order valence-electron chi connectivity index (χ0n) is 16.8. The van der Waals surface area contributed by atoms with Gasteiger partial charge in [-0.15, -0.1) is 0 Å². The van der Waals surface area contributed by atoms with Gasteiger partial charge in [0, 0.05) is 12.6 Å². The maximum Gasteiger partial charge on any atom is 0.254 e. The van der Waals surface area contributed by atoms with Gasteiger partial charge in [0.1, 0.15) is 5.76 Å². The van der Waals surface area contributed by atoms with Gasteiger partial charge in [0.2, 0.25) is 11.7 Å². The highest BCUT2D eigenvalue weighted by atomic mass is 16.5. The zero-order valence-corrected chi connectivity index (χ0v) is 16.8. The van der Waals surface area contributed by atoms with Crippen LogP contribution >= 0.6 is 0 Å². The van der Waals surface area contributed by atoms with E-state index in [-0.39, 0.29) is 12.5 Å². The largest absolute Gasteiger partial charge is 0.465 e. The molecule has 0 atom stereocenters. The van der Waals surface area contributed by atoms with Crippen LogP contribution in [0, 0.1) is 6.92 Å². The van der Waals surface area contributed by atoms with Crippen molar-refractivity contribution < 1.29 is 13.7 Å². The molecular weight excluding hydrogens is 378 g/mol. The summed E-state index contributed by atoms with van der Waals surface area (Å²) < 4.78 is 10.8. The first-order valence-electron chi connectivity index (χ1n) is 9.56. The van der Waals surface area contributed by atoms with Crippen LogP contribution in [0.3, 0.4) is 0 Å². The highest BCUT2D eigenvalue weighted by Gasteiger charge is 2.20. The molecule has 4 aromatic rings. The normalized spacial score (nSPS) is 11.5. The van der Waals surface area contributed by atoms with Gasteiger partial charge in [-0.2, -0.15) is 4.98 Å². The van der Waals surface area contributed by atoms with Crippen LogP contribution in [0.4, 0.5) is 0 Å². The van der Waals surface area contributed by atoms with Gasteiger partial charge in [-0.3, -0.25) is 4.79 Å². The van der Waals surface area contributed by atoms with Gasteiger partial charge in [-0.1, -0.05) is 65.3 Å². The number of nitrogens with zero attached hydrogens (tertiary/aromatic N) is 3. The molecule has 0 aliphatic rings. The average molecular weight is 399 g/mol. The first kappa shape index (κ1) is 19.4. The minimum Gasteiger partial charge on any atom is -0.465 e. The molecule has 0 aliphatic heterocycles. The number of benzene rings is 2. The van der Waals surface area contributed by atoms with E-state index in [9.17, 15) is 4.79 Å². The van der Waals surface area contributed by atoms with Crippen molar-refractivity contribution in [3.63, 3.8) is 0 Å². The van der Waals surface area contributed by atoms with Crippen molar-refractivity contribution >= 4 is 17.6 Å². The molecule has 0 unspecified atom stereocenters. The van der Waals surface area contributed by atoms with E-state index < -0.39 is 0 Å². The Labute approximate surface area is 174 Å². The summed E-state index contributed by atoms with van der Waals surface area (Å²) in [7, 11) is 1.71. The number of carbonyl (C=O) groups excluding carboxylic acids is 1. The van der Waals surface area contributed by atoms with E-state index in [1.807, 2.05) is 67.6 Å². The van der Waals surface area contributed by atoms with Gasteiger partial charge in [-0.25, -0.2) is 0 Å². The molecule has 30 heavy (non-hydrogen) atoms. The summed E-state index contributed by atoms with van der Waals surface area (Å²) in [6, 6.07) is 20.9. The van der Waals surface area contributed by atoms with Crippen LogP contribution in [0.25, 0.3) is 23.0 Å². The monoisotopic (exact) mass is 399 g/mol. The Hall–Kier alpha value is -3.93. The third kappa shape index (κ3) is 4.38. The van der Waals surface area contributed by atoms with Crippen LogP contribution in [0.15, 0.2) is 81.9 Å². The van der Waals surface area contributed by atoms with E-state index in [4.69, 9.17) is 8.94 Å². The molecule has 0 radical (unpaired) electrons. The van der Waals surface area contributed by atoms with Crippen LogP contribution < -0.4 is 0 Å². The predicted molar refractivity (Wildman–Crippen MR) is 114 cm³/mol. The highest BCUT2D eigenvalue weighted by Crippen LogP contribution is 2.22. The number of rotatable bonds is 6. The quantitative estimate of drug-likeness (QED) is 0.434. The van der Waals surface area contributed by atoms with E-state index >= 15 is 0 Å². The number of hydrogen-bond acceptors (Lipinski definition) is 5. The van der Waals surface area contributed by atoms with Crippen molar-refractivity contribution in [1.29, 1.82) is 0 Å². The van der Waals surface area contributed by atoms with Crippen molar-refractivity contribution in [1.82, 2.24) is 15.0 Å². The Morgan fingerprint density at radius 2 is 1.80 bits per heavy atom. The van der Waals surface area contributed by atoms with Crippen molar-refractivity contribution in [2.24, 2.45) is 0 Å². The molecule has 0 saturated heterocycles. The maximum atomic E-state index is 13.2. The molecule has 0 saturated carbocycles. The molecular formula is C24H21N3O3. The summed E-state index contributed by atoms with van der Waals surface area (Å²) in [6.45, 7) is 2.21. The molecule has 150 valence electrons. The third-order valence-electron chi connectivity index (χ3n) is 4.64. The summed E-state index contributed by atoms with van der Waals surface area (Å²) in [5, 5.41) is 4.04. The van der Waals surface area contributed by atoms with E-state index in [1.165, 1.54) is 0 Å². The van der Waals surface area contributed by atoms with Gasteiger partial charge >= 0.3 is 0 Å². The van der Waals surface area contributed by atoms with E-state index in [0.717, 1.165) is 16.7 Å². The number of likely N-dealkylation sites (N-methyl/N-ethyl adjacent to an activating group) is 1. The van der Waals surface area contributed by atoms with Crippen LogP contribution in [0.5, 0.6) is 0 Å². The average Bonchev–Trinajstić information content (AvgIpc) is 3.45. The lowest BCUT2D eigenvalue weighted by Gasteiger charge is -2.17. The lowest BCUT2D eigenvalue weighted by molar-refractivity contribution is -0.124. The first-order chi connectivity index (χ1) is 14.6. The second kappa shape index (κ2) is 8.61. The second-order valence-corrected chi connectivity index (χ2v) is 6.98. The van der Waals surface area contributed by atoms with E-state index in [0.29, 0.717) is 23.0 Å². The van der Waals surface area contributed by atoms with Crippen LogP contribution in [0.2, 0.25) is 0 Å². The molecule has 1 amide bonds. The van der Waals surface area contributed by atoms with Crippen molar-refractivity contribution in [3.8, 4) is 11.4 Å². The Kier molecular flexibility index (Phi) is 5.57. The van der Waals surface area contributed by atoms with Gasteiger partial charge in [0.25, 0.3) is 5.91 Å². The van der Waals surface area contributed by atoms with Crippen LogP contribution in [-0.4, -0.2) is 28.0 Å². The van der Waals surface area contributed by atoms with Crippen molar-refractivity contribution in [3.05, 3.63) is 95.8 Å². The number of aromatic nitrogens is 2. The molecule has 2 heterocycles. The minimum atomic E-state index is -0.173. The molecule has 2 aromatic carbocycles. The van der Waals surface area contributed by atoms with Crippen LogP contribution in [-0.2, 0) is 11.3 Å². The lowest BCUT2D eigenvalue weighted by Crippen LogP contribution is -2.27. The third-order valence-corrected chi connectivity index (χ3v) is 4.64. The molecule has 2 aromatic heterocycles. The summed E-state index contributed by atoms with van der Waals surface area (Å²) >= 11 is 0. The summed E-state index contributed by atoms with van der Waals surface area (Å²) in [4.78, 5) is 19.2. The number of aryl methyl sites for hydroxylation is 1. The van der Waals surface area contributed by atoms with Gasteiger partial charge in [0.05, 0.1) is 18.4 Å². The summed E-state index contributed by atoms with van der Waals surface area (Å²) in [6.07, 6.45) is 3.31. The number of amides is 1. The standard InChI is InChI=1S/C24H21N3O3/c1-17-10-12-19(13-11-17)23-25-22(30-26-23)16-27(2)24(28)21(15-20-9-6-14-29-20)18-7-4-3-5-8-18/h3-15H,16H2,1-2H3/b21-15+. The van der Waals surface area contributed by atoms with Crippen molar-refractivity contribution in [2.75, 3.05) is 7.05 Å². The number of hydrogen-bond donors (Lipinski definition) is 0. The minimum absolute atomic E-state index is 0.173. The van der Waals surface area contributed by atoms with Crippen LogP contribution in [0.1, 0.15) is 22.8 Å². The van der Waals surface area contributed by atoms with E-state index in [1.54, 1.807) is 30.4 Å². The smallest absolute Gasteiger partial charge is 0.254 e. The maximum absolute atomic E-state index is 13.2. The fraction of sp³-hybridized carbons (Fsp3) is 0.125. The summed E-state index contributed by atoms with van der Waals surface area (Å²) in [5.74, 6) is 1.30. The molecule has 0 spiro atoms. The Morgan fingerprint density at radius 1 is 1.03 bits per heavy atom.